The Kier molecular flexibility index (Phi) is 6.40. The minimum atomic E-state index is 0.0552. The molecule has 0 unspecified atom stereocenters. The Bertz CT molecular complexity index is 1080. The van der Waals surface area contributed by atoms with Gasteiger partial charge in [-0.15, -0.1) is 0 Å². The third-order valence-electron chi connectivity index (χ3n) is 7.03. The number of rotatable bonds is 3. The number of para-hydroxylation sites is 1. The molecular weight excluding hydrogens is 408 g/mol. The van der Waals surface area contributed by atoms with Crippen LogP contribution in [0.5, 0.6) is 0 Å². The number of benzene rings is 2. The van der Waals surface area contributed by atoms with Gasteiger partial charge in [0.15, 0.2) is 0 Å². The van der Waals surface area contributed by atoms with E-state index in [1.165, 1.54) is 17.5 Å². The van der Waals surface area contributed by atoms with Crippen molar-refractivity contribution in [3.05, 3.63) is 95.3 Å². The fourth-order valence-electron chi connectivity index (χ4n) is 5.23. The summed E-state index contributed by atoms with van der Waals surface area (Å²) in [5.41, 5.74) is 5.21. The molecule has 5 nitrogen and oxygen atoms in total. The van der Waals surface area contributed by atoms with Crippen LogP contribution in [0.25, 0.3) is 0 Å². The summed E-state index contributed by atoms with van der Waals surface area (Å²) in [7, 11) is 0. The third-order valence-corrected chi connectivity index (χ3v) is 7.03. The summed E-state index contributed by atoms with van der Waals surface area (Å²) < 4.78 is 0. The highest BCUT2D eigenvalue weighted by Crippen LogP contribution is 2.31. The molecule has 1 aromatic heterocycles. The van der Waals surface area contributed by atoms with Crippen molar-refractivity contribution in [2.45, 2.75) is 51.4 Å². The van der Waals surface area contributed by atoms with Crippen molar-refractivity contribution in [3.63, 3.8) is 0 Å². The Morgan fingerprint density at radius 3 is 2.58 bits per heavy atom. The molecular formula is C28H32N4O. The van der Waals surface area contributed by atoms with E-state index in [2.05, 4.69) is 69.8 Å². The first-order chi connectivity index (χ1) is 16.2. The lowest BCUT2D eigenvalue weighted by Gasteiger charge is -2.34. The van der Waals surface area contributed by atoms with E-state index in [4.69, 9.17) is 0 Å². The lowest BCUT2D eigenvalue weighted by Crippen LogP contribution is -2.44. The van der Waals surface area contributed by atoms with Crippen molar-refractivity contribution < 1.29 is 4.79 Å². The highest BCUT2D eigenvalue weighted by molar-refractivity contribution is 5.94. The zero-order valence-corrected chi connectivity index (χ0v) is 19.3. The van der Waals surface area contributed by atoms with E-state index >= 15 is 0 Å². The minimum Gasteiger partial charge on any atom is -0.385 e. The summed E-state index contributed by atoms with van der Waals surface area (Å²) in [4.78, 5) is 22.7. The Balaban J connectivity index is 1.47. The molecule has 2 aromatic carbocycles. The maximum Gasteiger partial charge on any atom is 0.255 e. The zero-order valence-electron chi connectivity index (χ0n) is 19.3. The van der Waals surface area contributed by atoms with Crippen LogP contribution in [-0.4, -0.2) is 45.9 Å². The molecule has 1 fully saturated rings. The van der Waals surface area contributed by atoms with Gasteiger partial charge in [0, 0.05) is 55.8 Å². The quantitative estimate of drug-likeness (QED) is 0.631. The Labute approximate surface area is 196 Å². The molecule has 170 valence electrons. The van der Waals surface area contributed by atoms with Crippen LogP contribution in [0.3, 0.4) is 0 Å². The van der Waals surface area contributed by atoms with Crippen LogP contribution in [0.2, 0.25) is 0 Å². The fourth-order valence-corrected chi connectivity index (χ4v) is 5.23. The monoisotopic (exact) mass is 440 g/mol. The molecule has 0 saturated carbocycles. The highest BCUT2D eigenvalue weighted by Gasteiger charge is 2.35. The second-order valence-corrected chi connectivity index (χ2v) is 9.29. The number of aryl methyl sites for hydroxylation is 1. The standard InChI is InChI=1S/C28H32N4O/c1-21-11-12-23(17-30-21)28(33)31-19-24-9-5-6-10-27(24)29-16-15-25-13-14-26(20-31)32(25)18-22-7-3-2-4-8-22/h2-12,17,25-26,29H,13-16,18-20H2,1H3/t25-,26+/m0/s1. The lowest BCUT2D eigenvalue weighted by atomic mass is 10.1. The van der Waals surface area contributed by atoms with Crippen molar-refractivity contribution in [1.82, 2.24) is 14.8 Å². The van der Waals surface area contributed by atoms with Gasteiger partial charge in [-0.1, -0.05) is 48.5 Å². The van der Waals surface area contributed by atoms with Crippen LogP contribution in [0.4, 0.5) is 5.69 Å². The number of nitrogens with zero attached hydrogens (tertiary/aromatic N) is 3. The van der Waals surface area contributed by atoms with Crippen LogP contribution in [0.15, 0.2) is 72.9 Å². The number of anilines is 1. The first-order valence-corrected chi connectivity index (χ1v) is 12.0. The first-order valence-electron chi connectivity index (χ1n) is 12.0. The van der Waals surface area contributed by atoms with E-state index in [0.717, 1.165) is 43.9 Å². The van der Waals surface area contributed by atoms with E-state index in [1.54, 1.807) is 6.20 Å². The Hall–Kier alpha value is -3.18. The molecule has 1 saturated heterocycles. The molecule has 3 heterocycles. The van der Waals surface area contributed by atoms with Gasteiger partial charge >= 0.3 is 0 Å². The van der Waals surface area contributed by atoms with Crippen LogP contribution < -0.4 is 5.32 Å². The van der Waals surface area contributed by atoms with Crippen LogP contribution in [0, 0.1) is 6.92 Å². The number of aromatic nitrogens is 1. The maximum absolute atomic E-state index is 13.7. The predicted molar refractivity (Wildman–Crippen MR) is 132 cm³/mol. The number of amides is 1. The number of hydrogen-bond donors (Lipinski definition) is 1. The smallest absolute Gasteiger partial charge is 0.255 e. The number of fused-ring (bicyclic) bond motifs is 3. The molecule has 2 atom stereocenters. The van der Waals surface area contributed by atoms with Gasteiger partial charge < -0.3 is 10.2 Å². The van der Waals surface area contributed by atoms with Gasteiger partial charge in [0.1, 0.15) is 0 Å². The van der Waals surface area contributed by atoms with Crippen molar-refractivity contribution >= 4 is 11.6 Å². The van der Waals surface area contributed by atoms with Crippen LogP contribution >= 0.6 is 0 Å². The summed E-state index contributed by atoms with van der Waals surface area (Å²) in [5, 5.41) is 3.66. The summed E-state index contributed by atoms with van der Waals surface area (Å²) >= 11 is 0. The second kappa shape index (κ2) is 9.75. The molecule has 5 heteroatoms. The van der Waals surface area contributed by atoms with E-state index in [9.17, 15) is 4.79 Å². The average molecular weight is 441 g/mol. The third kappa shape index (κ3) is 4.93. The highest BCUT2D eigenvalue weighted by atomic mass is 16.2. The molecule has 0 spiro atoms. The van der Waals surface area contributed by atoms with Crippen LogP contribution in [-0.2, 0) is 13.1 Å². The SMILES string of the molecule is Cc1ccc(C(=O)N2Cc3ccccc3NCC[C@@H]3CC[C@H](C2)N3Cc2ccccc2)cn1. The molecule has 3 aromatic rings. The molecule has 0 radical (unpaired) electrons. The average Bonchev–Trinajstić information content (AvgIpc) is 3.19. The number of pyridine rings is 1. The summed E-state index contributed by atoms with van der Waals surface area (Å²) in [5.74, 6) is 0.0552. The molecule has 1 amide bonds. The molecule has 1 N–H and O–H groups in total. The van der Waals surface area contributed by atoms with E-state index < -0.39 is 0 Å². The van der Waals surface area contributed by atoms with Gasteiger partial charge in [-0.25, -0.2) is 0 Å². The van der Waals surface area contributed by atoms with Gasteiger partial charge in [-0.05, 0) is 55.5 Å². The zero-order chi connectivity index (χ0) is 22.6. The number of carbonyl (C=O) groups is 1. The largest absolute Gasteiger partial charge is 0.385 e. The van der Waals surface area contributed by atoms with E-state index in [-0.39, 0.29) is 5.91 Å². The maximum atomic E-state index is 13.7. The molecule has 5 rings (SSSR count). The van der Waals surface area contributed by atoms with Crippen molar-refractivity contribution in [3.8, 4) is 0 Å². The van der Waals surface area contributed by atoms with Crippen molar-refractivity contribution in [2.75, 3.05) is 18.4 Å². The molecule has 0 aliphatic carbocycles. The van der Waals surface area contributed by atoms with Crippen molar-refractivity contribution in [2.24, 2.45) is 0 Å². The second-order valence-electron chi connectivity index (χ2n) is 9.29. The van der Waals surface area contributed by atoms with Gasteiger partial charge in [0.25, 0.3) is 5.91 Å². The Morgan fingerprint density at radius 2 is 1.76 bits per heavy atom. The summed E-state index contributed by atoms with van der Waals surface area (Å²) in [6, 6.07) is 23.8. The van der Waals surface area contributed by atoms with Crippen LogP contribution in [0.1, 0.15) is 46.4 Å². The summed E-state index contributed by atoms with van der Waals surface area (Å²) in [6.07, 6.45) is 5.11. The van der Waals surface area contributed by atoms with Gasteiger partial charge in [0.05, 0.1) is 5.56 Å². The van der Waals surface area contributed by atoms with E-state index in [1.807, 2.05) is 24.0 Å². The molecule has 2 aliphatic heterocycles. The van der Waals surface area contributed by atoms with Crippen molar-refractivity contribution in [1.29, 1.82) is 0 Å². The topological polar surface area (TPSA) is 48.5 Å². The van der Waals surface area contributed by atoms with Gasteiger partial charge in [0.2, 0.25) is 0 Å². The van der Waals surface area contributed by atoms with E-state index in [0.29, 0.717) is 24.2 Å². The molecule has 2 aliphatic rings. The predicted octanol–water partition coefficient (Wildman–Crippen LogP) is 4.88. The number of nitrogens with one attached hydrogen (secondary N) is 1. The minimum absolute atomic E-state index is 0.0552. The normalized spacial score (nSPS) is 21.1. The van der Waals surface area contributed by atoms with Gasteiger partial charge in [-0.3, -0.25) is 14.7 Å². The lowest BCUT2D eigenvalue weighted by molar-refractivity contribution is 0.0663. The fraction of sp³-hybridized carbons (Fsp3) is 0.357. The summed E-state index contributed by atoms with van der Waals surface area (Å²) in [6.45, 7) is 5.14. The Morgan fingerprint density at radius 1 is 0.970 bits per heavy atom. The first kappa shape index (κ1) is 21.7. The number of carbonyl (C=O) groups excluding carboxylic acids is 1. The molecule has 33 heavy (non-hydrogen) atoms. The molecule has 2 bridgehead atoms. The van der Waals surface area contributed by atoms with Gasteiger partial charge in [-0.2, -0.15) is 0 Å². The number of hydrogen-bond acceptors (Lipinski definition) is 4.